The van der Waals surface area contributed by atoms with E-state index in [1.807, 2.05) is 13.8 Å². The Kier molecular flexibility index (Phi) is 7.17. The molecule has 6 heteroatoms. The van der Waals surface area contributed by atoms with Gasteiger partial charge in [-0.25, -0.2) is 4.79 Å². The molecule has 130 valence electrons. The van der Waals surface area contributed by atoms with Crippen LogP contribution in [-0.2, 0) is 19.1 Å². The summed E-state index contributed by atoms with van der Waals surface area (Å²) in [5, 5.41) is 2.66. The van der Waals surface area contributed by atoms with Crippen LogP contribution < -0.4 is 5.32 Å². The minimum atomic E-state index is -1.52. The minimum Gasteiger partial charge on any atom is -0.469 e. The maximum Gasteiger partial charge on any atom is 0.332 e. The molecular weight excluding hydrogens is 310 g/mol. The van der Waals surface area contributed by atoms with E-state index in [9.17, 15) is 14.4 Å². The second-order valence-electron chi connectivity index (χ2n) is 5.63. The summed E-state index contributed by atoms with van der Waals surface area (Å²) in [6.07, 6.45) is 1.57. The summed E-state index contributed by atoms with van der Waals surface area (Å²) in [4.78, 5) is 36.7. The van der Waals surface area contributed by atoms with Gasteiger partial charge in [0.15, 0.2) is 5.54 Å². The molecule has 0 fully saturated rings. The van der Waals surface area contributed by atoms with Crippen LogP contribution in [0.3, 0.4) is 0 Å². The lowest BCUT2D eigenvalue weighted by Gasteiger charge is -2.30. The van der Waals surface area contributed by atoms with Gasteiger partial charge in [-0.05, 0) is 26.0 Å². The van der Waals surface area contributed by atoms with E-state index in [4.69, 9.17) is 4.74 Å². The highest BCUT2D eigenvalue weighted by Gasteiger charge is 2.43. The van der Waals surface area contributed by atoms with Crippen molar-refractivity contribution >= 4 is 17.8 Å². The van der Waals surface area contributed by atoms with Crippen molar-refractivity contribution in [2.45, 2.75) is 32.2 Å². The van der Waals surface area contributed by atoms with Crippen LogP contribution in [0.1, 0.15) is 37.0 Å². The predicted octanol–water partition coefficient (Wildman–Crippen LogP) is 2.25. The number of rotatable bonds is 7. The van der Waals surface area contributed by atoms with Gasteiger partial charge in [0, 0.05) is 12.0 Å². The average Bonchev–Trinajstić information content (AvgIpc) is 2.59. The second-order valence-corrected chi connectivity index (χ2v) is 5.63. The maximum absolute atomic E-state index is 12.5. The Hall–Kier alpha value is -2.63. The summed E-state index contributed by atoms with van der Waals surface area (Å²) in [5.74, 6) is -1.78. The quantitative estimate of drug-likeness (QED) is 0.611. The van der Waals surface area contributed by atoms with Crippen molar-refractivity contribution in [3.8, 4) is 0 Å². The number of carbonyl (C=O) groups excluding carboxylic acids is 3. The topological polar surface area (TPSA) is 81.7 Å². The SMILES string of the molecule is COC(=O)C[C@](CC=C(C)C)(NC(=O)c1ccccc1)C(=O)OC. The lowest BCUT2D eigenvalue weighted by molar-refractivity contribution is -0.154. The Morgan fingerprint density at radius 3 is 2.21 bits per heavy atom. The van der Waals surface area contributed by atoms with Crippen LogP contribution >= 0.6 is 0 Å². The molecule has 1 aromatic carbocycles. The van der Waals surface area contributed by atoms with Crippen molar-refractivity contribution in [2.24, 2.45) is 0 Å². The van der Waals surface area contributed by atoms with Gasteiger partial charge in [0.1, 0.15) is 0 Å². The van der Waals surface area contributed by atoms with Crippen LogP contribution in [0.4, 0.5) is 0 Å². The molecule has 1 amide bonds. The zero-order valence-corrected chi connectivity index (χ0v) is 14.4. The molecule has 0 saturated carbocycles. The highest BCUT2D eigenvalue weighted by atomic mass is 16.5. The molecule has 1 atom stereocenters. The lowest BCUT2D eigenvalue weighted by Crippen LogP contribution is -2.56. The number of methoxy groups -OCH3 is 2. The zero-order chi connectivity index (χ0) is 18.2. The molecule has 0 aliphatic heterocycles. The van der Waals surface area contributed by atoms with E-state index in [1.54, 1.807) is 36.4 Å². The van der Waals surface area contributed by atoms with Crippen molar-refractivity contribution in [3.05, 3.63) is 47.5 Å². The number of ether oxygens (including phenoxy) is 2. The van der Waals surface area contributed by atoms with E-state index in [0.717, 1.165) is 5.57 Å². The first-order chi connectivity index (χ1) is 11.3. The molecule has 1 aromatic rings. The molecule has 0 unspecified atom stereocenters. The van der Waals surface area contributed by atoms with Crippen molar-refractivity contribution in [2.75, 3.05) is 14.2 Å². The van der Waals surface area contributed by atoms with Crippen LogP contribution in [0.2, 0.25) is 0 Å². The Bertz CT molecular complexity index is 620. The number of benzene rings is 1. The van der Waals surface area contributed by atoms with E-state index >= 15 is 0 Å². The molecule has 0 heterocycles. The van der Waals surface area contributed by atoms with Crippen molar-refractivity contribution in [1.82, 2.24) is 5.32 Å². The first-order valence-electron chi connectivity index (χ1n) is 7.51. The fraction of sp³-hybridized carbons (Fsp3) is 0.389. The molecule has 0 aromatic heterocycles. The number of carbonyl (C=O) groups is 3. The Morgan fingerprint density at radius 2 is 1.71 bits per heavy atom. The maximum atomic E-state index is 12.5. The van der Waals surface area contributed by atoms with E-state index < -0.39 is 23.4 Å². The van der Waals surface area contributed by atoms with Crippen LogP contribution in [0.15, 0.2) is 42.0 Å². The van der Waals surface area contributed by atoms with E-state index in [2.05, 4.69) is 10.1 Å². The fourth-order valence-electron chi connectivity index (χ4n) is 2.15. The van der Waals surface area contributed by atoms with Gasteiger partial charge in [-0.1, -0.05) is 29.8 Å². The van der Waals surface area contributed by atoms with Gasteiger partial charge >= 0.3 is 11.9 Å². The molecular formula is C18H23NO5. The summed E-state index contributed by atoms with van der Waals surface area (Å²) < 4.78 is 9.52. The van der Waals surface area contributed by atoms with Gasteiger partial charge in [0.2, 0.25) is 0 Å². The summed E-state index contributed by atoms with van der Waals surface area (Å²) in [6.45, 7) is 3.72. The van der Waals surface area contributed by atoms with Crippen molar-refractivity contribution in [1.29, 1.82) is 0 Å². The van der Waals surface area contributed by atoms with Crippen LogP contribution in [0.5, 0.6) is 0 Å². The standard InChI is InChI=1S/C18H23NO5/c1-13(2)10-11-18(17(22)24-4,12-15(20)23-3)19-16(21)14-8-6-5-7-9-14/h5-10H,11-12H2,1-4H3,(H,19,21)/t18-/m0/s1. The molecule has 0 saturated heterocycles. The van der Waals surface area contributed by atoms with Crippen LogP contribution in [0.25, 0.3) is 0 Å². The summed E-state index contributed by atoms with van der Waals surface area (Å²) >= 11 is 0. The number of amides is 1. The second kappa shape index (κ2) is 8.86. The van der Waals surface area contributed by atoms with Gasteiger partial charge in [0.25, 0.3) is 5.91 Å². The summed E-state index contributed by atoms with van der Waals surface area (Å²) in [6, 6.07) is 8.45. The lowest BCUT2D eigenvalue weighted by atomic mass is 9.89. The predicted molar refractivity (Wildman–Crippen MR) is 89.3 cm³/mol. The summed E-state index contributed by atoms with van der Waals surface area (Å²) in [7, 11) is 2.44. The molecule has 6 nitrogen and oxygen atoms in total. The monoisotopic (exact) mass is 333 g/mol. The minimum absolute atomic E-state index is 0.121. The number of nitrogens with one attached hydrogen (secondary N) is 1. The number of esters is 2. The molecule has 24 heavy (non-hydrogen) atoms. The normalized spacial score (nSPS) is 12.5. The molecule has 0 radical (unpaired) electrons. The first-order valence-corrected chi connectivity index (χ1v) is 7.51. The highest BCUT2D eigenvalue weighted by Crippen LogP contribution is 2.21. The van der Waals surface area contributed by atoms with Gasteiger partial charge in [0.05, 0.1) is 20.6 Å². The third kappa shape index (κ3) is 5.22. The van der Waals surface area contributed by atoms with Crippen molar-refractivity contribution < 1.29 is 23.9 Å². The molecule has 0 spiro atoms. The first kappa shape index (κ1) is 19.4. The average molecular weight is 333 g/mol. The van der Waals surface area contributed by atoms with E-state index in [1.165, 1.54) is 14.2 Å². The van der Waals surface area contributed by atoms with E-state index in [-0.39, 0.29) is 12.8 Å². The van der Waals surface area contributed by atoms with Gasteiger partial charge in [-0.3, -0.25) is 9.59 Å². The van der Waals surface area contributed by atoms with Crippen LogP contribution in [-0.4, -0.2) is 37.6 Å². The Balaban J connectivity index is 3.21. The largest absolute Gasteiger partial charge is 0.469 e. The van der Waals surface area contributed by atoms with Gasteiger partial charge in [-0.15, -0.1) is 0 Å². The highest BCUT2D eigenvalue weighted by molar-refractivity contribution is 5.99. The van der Waals surface area contributed by atoms with Crippen LogP contribution in [0, 0.1) is 0 Å². The van der Waals surface area contributed by atoms with Gasteiger partial charge < -0.3 is 14.8 Å². The van der Waals surface area contributed by atoms with Crippen molar-refractivity contribution in [3.63, 3.8) is 0 Å². The molecule has 1 rings (SSSR count). The Morgan fingerprint density at radius 1 is 1.08 bits per heavy atom. The molecule has 1 N–H and O–H groups in total. The Labute approximate surface area is 141 Å². The smallest absolute Gasteiger partial charge is 0.332 e. The van der Waals surface area contributed by atoms with Gasteiger partial charge in [-0.2, -0.15) is 0 Å². The molecule has 0 bridgehead atoms. The number of hydrogen-bond donors (Lipinski definition) is 1. The molecule has 0 aliphatic carbocycles. The molecule has 0 aliphatic rings. The fourth-order valence-corrected chi connectivity index (χ4v) is 2.15. The summed E-state index contributed by atoms with van der Waals surface area (Å²) in [5.41, 5.74) is -0.193. The third-order valence-corrected chi connectivity index (χ3v) is 3.50. The number of hydrogen-bond acceptors (Lipinski definition) is 5. The number of allylic oxidation sites excluding steroid dienone is 1. The van der Waals surface area contributed by atoms with E-state index in [0.29, 0.717) is 5.56 Å². The zero-order valence-electron chi connectivity index (χ0n) is 14.4. The third-order valence-electron chi connectivity index (χ3n) is 3.50.